The monoisotopic (exact) mass is 492 g/mol. The number of rotatable bonds is 11. The minimum absolute atomic E-state index is 0.124. The number of aromatic nitrogens is 2. The van der Waals surface area contributed by atoms with Gasteiger partial charge in [-0.05, 0) is 68.0 Å². The summed E-state index contributed by atoms with van der Waals surface area (Å²) in [5.74, 6) is -1.39. The summed E-state index contributed by atoms with van der Waals surface area (Å²) in [4.78, 5) is 46.3. The molecule has 0 fully saturated rings. The number of carboxylic acid groups (broad SMARTS) is 1. The van der Waals surface area contributed by atoms with Crippen LogP contribution in [0.4, 0.5) is 0 Å². The molecule has 2 atom stereocenters. The largest absolute Gasteiger partial charge is 0.481 e. The zero-order valence-corrected chi connectivity index (χ0v) is 21.9. The minimum Gasteiger partial charge on any atom is -0.481 e. The Hall–Kier alpha value is -3.81. The Labute approximate surface area is 212 Å². The number of carbonyl (C=O) groups excluding carboxylic acids is 1. The lowest BCUT2D eigenvalue weighted by Gasteiger charge is -2.25. The van der Waals surface area contributed by atoms with Crippen molar-refractivity contribution in [3.05, 3.63) is 81.6 Å². The predicted molar refractivity (Wildman–Crippen MR) is 143 cm³/mol. The molecule has 1 unspecified atom stereocenters. The van der Waals surface area contributed by atoms with Gasteiger partial charge in [-0.2, -0.15) is 0 Å². The van der Waals surface area contributed by atoms with Gasteiger partial charge >= 0.3 is 5.97 Å². The molecule has 2 heterocycles. The third kappa shape index (κ3) is 7.60. The average molecular weight is 493 g/mol. The summed E-state index contributed by atoms with van der Waals surface area (Å²) in [7, 11) is 1.64. The number of amides is 1. The zero-order valence-electron chi connectivity index (χ0n) is 21.9. The van der Waals surface area contributed by atoms with E-state index in [4.69, 9.17) is 0 Å². The van der Waals surface area contributed by atoms with Crippen molar-refractivity contribution >= 4 is 23.7 Å². The first-order chi connectivity index (χ1) is 16.9. The molecule has 2 aromatic rings. The Balaban J connectivity index is 2.46. The lowest BCUT2D eigenvalue weighted by Crippen LogP contribution is -2.44. The van der Waals surface area contributed by atoms with Gasteiger partial charge in [0.15, 0.2) is 0 Å². The molecule has 192 valence electrons. The molecule has 0 bridgehead atoms. The lowest BCUT2D eigenvalue weighted by molar-refractivity contribution is -0.137. The quantitative estimate of drug-likeness (QED) is 0.363. The number of aliphatic imine (C=N–C) groups is 1. The van der Waals surface area contributed by atoms with E-state index in [0.29, 0.717) is 17.6 Å². The number of aryl methyl sites for hydroxylation is 3. The number of nitrogens with one attached hydrogen (secondary N) is 1. The van der Waals surface area contributed by atoms with Crippen LogP contribution < -0.4 is 10.9 Å². The van der Waals surface area contributed by atoms with Crippen molar-refractivity contribution in [3.8, 4) is 0 Å². The fourth-order valence-electron chi connectivity index (χ4n) is 4.10. The highest BCUT2D eigenvalue weighted by Gasteiger charge is 2.27. The van der Waals surface area contributed by atoms with E-state index in [1.165, 1.54) is 10.6 Å². The van der Waals surface area contributed by atoms with Crippen LogP contribution in [-0.2, 0) is 9.59 Å². The summed E-state index contributed by atoms with van der Waals surface area (Å²) in [5.41, 5.74) is 4.28. The van der Waals surface area contributed by atoms with Crippen molar-refractivity contribution in [1.82, 2.24) is 14.9 Å². The van der Waals surface area contributed by atoms with Crippen molar-refractivity contribution < 1.29 is 14.7 Å². The van der Waals surface area contributed by atoms with Crippen molar-refractivity contribution in [3.63, 3.8) is 0 Å². The lowest BCUT2D eigenvalue weighted by atomic mass is 9.95. The molecule has 36 heavy (non-hydrogen) atoms. The molecule has 8 heteroatoms. The van der Waals surface area contributed by atoms with Gasteiger partial charge in [-0.1, -0.05) is 20.4 Å². The highest BCUT2D eigenvalue weighted by Crippen LogP contribution is 2.24. The fourth-order valence-corrected chi connectivity index (χ4v) is 4.10. The first-order valence-corrected chi connectivity index (χ1v) is 11.9. The maximum Gasteiger partial charge on any atom is 0.305 e. The SMILES string of the molecule is C=C(/C=C(\C=NC)c1c(C)ccnc1C)[C@@H](CC(=O)O)NC(=O)C(CC(C)C)n1ccc(C)cc1=O. The maximum absolute atomic E-state index is 13.4. The first kappa shape index (κ1) is 28.4. The summed E-state index contributed by atoms with van der Waals surface area (Å²) < 4.78 is 1.40. The highest BCUT2D eigenvalue weighted by atomic mass is 16.4. The summed E-state index contributed by atoms with van der Waals surface area (Å²) in [6.45, 7) is 13.7. The van der Waals surface area contributed by atoms with E-state index in [9.17, 15) is 19.5 Å². The third-order valence-corrected chi connectivity index (χ3v) is 5.83. The van der Waals surface area contributed by atoms with E-state index in [-0.39, 0.29) is 17.9 Å². The van der Waals surface area contributed by atoms with Crippen LogP contribution in [0.3, 0.4) is 0 Å². The number of pyridine rings is 2. The van der Waals surface area contributed by atoms with Crippen LogP contribution >= 0.6 is 0 Å². The van der Waals surface area contributed by atoms with Crippen molar-refractivity contribution in [2.24, 2.45) is 10.9 Å². The Bertz CT molecular complexity index is 1220. The second-order valence-electron chi connectivity index (χ2n) is 9.40. The molecule has 0 saturated heterocycles. The minimum atomic E-state index is -1.08. The van der Waals surface area contributed by atoms with Crippen LogP contribution in [0.15, 0.2) is 58.6 Å². The Morgan fingerprint density at radius 1 is 1.25 bits per heavy atom. The van der Waals surface area contributed by atoms with E-state index >= 15 is 0 Å². The number of hydrogen-bond acceptors (Lipinski definition) is 5. The normalized spacial score (nSPS) is 13.6. The molecular formula is C28H36N4O4. The molecule has 0 aromatic carbocycles. The van der Waals surface area contributed by atoms with Gasteiger partial charge in [-0.25, -0.2) is 0 Å². The molecular weight excluding hydrogens is 456 g/mol. The second kappa shape index (κ2) is 12.8. The van der Waals surface area contributed by atoms with Crippen molar-refractivity contribution in [2.75, 3.05) is 7.05 Å². The maximum atomic E-state index is 13.4. The van der Waals surface area contributed by atoms with Crippen molar-refractivity contribution in [1.29, 1.82) is 0 Å². The van der Waals surface area contributed by atoms with Gasteiger partial charge < -0.3 is 15.0 Å². The Morgan fingerprint density at radius 3 is 2.50 bits per heavy atom. The van der Waals surface area contributed by atoms with Crippen LogP contribution in [-0.4, -0.2) is 45.8 Å². The van der Waals surface area contributed by atoms with Gasteiger partial charge in [-0.3, -0.25) is 24.4 Å². The Morgan fingerprint density at radius 2 is 1.94 bits per heavy atom. The van der Waals surface area contributed by atoms with E-state index in [1.54, 1.807) is 37.8 Å². The molecule has 0 spiro atoms. The van der Waals surface area contributed by atoms with Crippen molar-refractivity contribution in [2.45, 2.75) is 59.5 Å². The number of carboxylic acids is 1. The number of hydrogen-bond donors (Lipinski definition) is 2. The van der Waals surface area contributed by atoms with Gasteiger partial charge in [0.2, 0.25) is 5.91 Å². The number of aliphatic carboxylic acids is 1. The number of carbonyl (C=O) groups is 2. The van der Waals surface area contributed by atoms with Crippen LogP contribution in [0.2, 0.25) is 0 Å². The van der Waals surface area contributed by atoms with E-state index in [0.717, 1.165) is 22.4 Å². The van der Waals surface area contributed by atoms with Crippen LogP contribution in [0.25, 0.3) is 5.57 Å². The molecule has 8 nitrogen and oxygen atoms in total. The zero-order chi connectivity index (χ0) is 27.0. The molecule has 0 aliphatic rings. The topological polar surface area (TPSA) is 114 Å². The van der Waals surface area contributed by atoms with Crippen LogP contribution in [0, 0.1) is 26.7 Å². The predicted octanol–water partition coefficient (Wildman–Crippen LogP) is 4.06. The van der Waals surface area contributed by atoms with Crippen LogP contribution in [0.1, 0.15) is 55.1 Å². The fraction of sp³-hybridized carbons (Fsp3) is 0.393. The second-order valence-corrected chi connectivity index (χ2v) is 9.40. The first-order valence-electron chi connectivity index (χ1n) is 11.9. The summed E-state index contributed by atoms with van der Waals surface area (Å²) >= 11 is 0. The summed E-state index contributed by atoms with van der Waals surface area (Å²) in [6.07, 6.45) is 6.77. The van der Waals surface area contributed by atoms with Gasteiger partial charge in [0.1, 0.15) is 6.04 Å². The standard InChI is InChI=1S/C28H36N4O4/c1-17(2)12-24(32-11-9-18(3)13-25(32)33)28(36)31-23(15-26(34)35)20(5)14-22(16-29-7)27-19(4)8-10-30-21(27)6/h8-11,13-14,16-17,23-24H,5,12,15H2,1-4,6-7H3,(H,31,36)(H,34,35)/b22-14+,29-16?/t23-,24?/m1/s1. The summed E-state index contributed by atoms with van der Waals surface area (Å²) in [5, 5.41) is 12.4. The Kier molecular flexibility index (Phi) is 10.1. The van der Waals surface area contributed by atoms with Gasteiger partial charge in [0.05, 0.1) is 12.5 Å². The molecule has 0 aliphatic carbocycles. The van der Waals surface area contributed by atoms with E-state index in [1.807, 2.05) is 40.7 Å². The molecule has 0 aliphatic heterocycles. The number of nitrogens with zero attached hydrogens (tertiary/aromatic N) is 3. The van der Waals surface area contributed by atoms with Crippen LogP contribution in [0.5, 0.6) is 0 Å². The molecule has 1 amide bonds. The molecule has 2 aromatic heterocycles. The molecule has 0 saturated carbocycles. The smallest absolute Gasteiger partial charge is 0.305 e. The van der Waals surface area contributed by atoms with E-state index in [2.05, 4.69) is 21.9 Å². The van der Waals surface area contributed by atoms with Gasteiger partial charge in [0, 0.05) is 48.6 Å². The average Bonchev–Trinajstić information content (AvgIpc) is 2.77. The van der Waals surface area contributed by atoms with Gasteiger partial charge in [0.25, 0.3) is 5.56 Å². The molecule has 2 N–H and O–H groups in total. The molecule has 2 rings (SSSR count). The molecule has 0 radical (unpaired) electrons. The number of allylic oxidation sites excluding steroid dienone is 1. The summed E-state index contributed by atoms with van der Waals surface area (Å²) in [6, 6.07) is 3.46. The van der Waals surface area contributed by atoms with Gasteiger partial charge in [-0.15, -0.1) is 0 Å². The van der Waals surface area contributed by atoms with E-state index < -0.39 is 24.0 Å². The highest BCUT2D eigenvalue weighted by molar-refractivity contribution is 6.11. The third-order valence-electron chi connectivity index (χ3n) is 5.83.